The highest BCUT2D eigenvalue weighted by atomic mass is 16.1. The molecule has 3 rings (SSSR count). The SMILES string of the molecule is Cc1ccc(NC(=O)C2=CCN(Cc3cccc(C)c3)CC2)cc1. The zero-order chi connectivity index (χ0) is 16.9. The van der Waals surface area contributed by atoms with Gasteiger partial charge >= 0.3 is 0 Å². The third kappa shape index (κ3) is 4.33. The van der Waals surface area contributed by atoms with Crippen molar-refractivity contribution in [1.82, 2.24) is 4.90 Å². The number of carbonyl (C=O) groups excluding carboxylic acids is 1. The molecule has 0 aromatic heterocycles. The summed E-state index contributed by atoms with van der Waals surface area (Å²) in [6.45, 7) is 6.84. The predicted octanol–water partition coefficient (Wildman–Crippen LogP) is 4.07. The summed E-state index contributed by atoms with van der Waals surface area (Å²) in [4.78, 5) is 14.7. The summed E-state index contributed by atoms with van der Waals surface area (Å²) in [7, 11) is 0. The minimum Gasteiger partial charge on any atom is -0.322 e. The van der Waals surface area contributed by atoms with Gasteiger partial charge in [0.2, 0.25) is 0 Å². The number of aryl methyl sites for hydroxylation is 2. The molecule has 0 unspecified atom stereocenters. The quantitative estimate of drug-likeness (QED) is 0.921. The second kappa shape index (κ2) is 7.45. The fourth-order valence-electron chi connectivity index (χ4n) is 2.98. The molecule has 0 spiro atoms. The molecule has 0 radical (unpaired) electrons. The highest BCUT2D eigenvalue weighted by molar-refractivity contribution is 6.03. The van der Waals surface area contributed by atoms with E-state index in [1.54, 1.807) is 0 Å². The molecule has 3 heteroatoms. The van der Waals surface area contributed by atoms with Crippen molar-refractivity contribution in [2.24, 2.45) is 0 Å². The summed E-state index contributed by atoms with van der Waals surface area (Å²) in [5.74, 6) is 0.0223. The Bertz CT molecular complexity index is 747. The van der Waals surface area contributed by atoms with Crippen molar-refractivity contribution < 1.29 is 4.79 Å². The lowest BCUT2D eigenvalue weighted by molar-refractivity contribution is -0.113. The van der Waals surface area contributed by atoms with Crippen LogP contribution in [0, 0.1) is 13.8 Å². The molecule has 0 aliphatic carbocycles. The van der Waals surface area contributed by atoms with Crippen LogP contribution in [0.5, 0.6) is 0 Å². The van der Waals surface area contributed by atoms with E-state index in [1.807, 2.05) is 31.2 Å². The Morgan fingerprint density at radius 2 is 1.88 bits per heavy atom. The molecule has 0 bridgehead atoms. The van der Waals surface area contributed by atoms with E-state index in [9.17, 15) is 4.79 Å². The van der Waals surface area contributed by atoms with Crippen molar-refractivity contribution in [2.45, 2.75) is 26.8 Å². The first-order chi connectivity index (χ1) is 11.6. The zero-order valence-electron chi connectivity index (χ0n) is 14.4. The molecule has 0 saturated carbocycles. The lowest BCUT2D eigenvalue weighted by Crippen LogP contribution is -2.31. The van der Waals surface area contributed by atoms with Crippen molar-refractivity contribution in [3.05, 3.63) is 76.9 Å². The zero-order valence-corrected chi connectivity index (χ0v) is 14.4. The van der Waals surface area contributed by atoms with E-state index in [4.69, 9.17) is 0 Å². The molecule has 2 aromatic carbocycles. The van der Waals surface area contributed by atoms with Crippen LogP contribution in [0.1, 0.15) is 23.1 Å². The van der Waals surface area contributed by atoms with Gasteiger partial charge in [0.15, 0.2) is 0 Å². The van der Waals surface area contributed by atoms with E-state index in [2.05, 4.69) is 47.5 Å². The number of benzene rings is 2. The maximum atomic E-state index is 12.4. The van der Waals surface area contributed by atoms with Crippen LogP contribution in [-0.2, 0) is 11.3 Å². The van der Waals surface area contributed by atoms with Gasteiger partial charge in [0, 0.05) is 30.9 Å². The number of nitrogens with one attached hydrogen (secondary N) is 1. The van der Waals surface area contributed by atoms with Crippen molar-refractivity contribution in [2.75, 3.05) is 18.4 Å². The Morgan fingerprint density at radius 1 is 1.08 bits per heavy atom. The Morgan fingerprint density at radius 3 is 2.54 bits per heavy atom. The Kier molecular flexibility index (Phi) is 5.11. The van der Waals surface area contributed by atoms with Gasteiger partial charge in [0.05, 0.1) is 0 Å². The van der Waals surface area contributed by atoms with Crippen LogP contribution in [-0.4, -0.2) is 23.9 Å². The first kappa shape index (κ1) is 16.5. The van der Waals surface area contributed by atoms with Gasteiger partial charge in [-0.1, -0.05) is 53.6 Å². The lowest BCUT2D eigenvalue weighted by atomic mass is 10.1. The summed E-state index contributed by atoms with van der Waals surface area (Å²) in [5, 5.41) is 2.99. The molecule has 1 aliphatic rings. The second-order valence-corrected chi connectivity index (χ2v) is 6.52. The third-order valence-electron chi connectivity index (χ3n) is 4.38. The van der Waals surface area contributed by atoms with Gasteiger partial charge in [0.25, 0.3) is 5.91 Å². The fraction of sp³-hybridized carbons (Fsp3) is 0.286. The number of hydrogen-bond donors (Lipinski definition) is 1. The van der Waals surface area contributed by atoms with E-state index >= 15 is 0 Å². The third-order valence-corrected chi connectivity index (χ3v) is 4.38. The van der Waals surface area contributed by atoms with Gasteiger partial charge in [-0.15, -0.1) is 0 Å². The molecule has 1 amide bonds. The van der Waals surface area contributed by atoms with E-state index in [0.29, 0.717) is 0 Å². The van der Waals surface area contributed by atoms with Crippen LogP contribution in [0.25, 0.3) is 0 Å². The number of nitrogens with zero attached hydrogens (tertiary/aromatic N) is 1. The molecule has 24 heavy (non-hydrogen) atoms. The number of carbonyl (C=O) groups is 1. The van der Waals surface area contributed by atoms with Crippen molar-refractivity contribution in [3.8, 4) is 0 Å². The van der Waals surface area contributed by atoms with E-state index in [1.165, 1.54) is 16.7 Å². The summed E-state index contributed by atoms with van der Waals surface area (Å²) in [6.07, 6.45) is 2.85. The van der Waals surface area contributed by atoms with Crippen molar-refractivity contribution in [1.29, 1.82) is 0 Å². The maximum absolute atomic E-state index is 12.4. The Balaban J connectivity index is 1.56. The molecule has 3 nitrogen and oxygen atoms in total. The van der Waals surface area contributed by atoms with E-state index < -0.39 is 0 Å². The van der Waals surface area contributed by atoms with Crippen LogP contribution in [0.15, 0.2) is 60.2 Å². The van der Waals surface area contributed by atoms with Gasteiger partial charge < -0.3 is 5.32 Å². The first-order valence-electron chi connectivity index (χ1n) is 8.45. The van der Waals surface area contributed by atoms with Gasteiger partial charge in [-0.05, 0) is 38.0 Å². The average molecular weight is 320 g/mol. The Hall–Kier alpha value is -2.39. The van der Waals surface area contributed by atoms with E-state index in [0.717, 1.165) is 37.3 Å². The minimum atomic E-state index is 0.0223. The van der Waals surface area contributed by atoms with Gasteiger partial charge in [-0.3, -0.25) is 9.69 Å². The van der Waals surface area contributed by atoms with Gasteiger partial charge in [-0.25, -0.2) is 0 Å². The maximum Gasteiger partial charge on any atom is 0.251 e. The second-order valence-electron chi connectivity index (χ2n) is 6.52. The van der Waals surface area contributed by atoms with Crippen LogP contribution < -0.4 is 5.32 Å². The molecular weight excluding hydrogens is 296 g/mol. The summed E-state index contributed by atoms with van der Waals surface area (Å²) >= 11 is 0. The number of amides is 1. The van der Waals surface area contributed by atoms with Crippen LogP contribution in [0.3, 0.4) is 0 Å². The fourth-order valence-corrected chi connectivity index (χ4v) is 2.98. The first-order valence-corrected chi connectivity index (χ1v) is 8.45. The van der Waals surface area contributed by atoms with Crippen LogP contribution in [0.2, 0.25) is 0 Å². The predicted molar refractivity (Wildman–Crippen MR) is 99.0 cm³/mol. The monoisotopic (exact) mass is 320 g/mol. The van der Waals surface area contributed by atoms with Crippen LogP contribution in [0.4, 0.5) is 5.69 Å². The normalized spacial score (nSPS) is 15.0. The highest BCUT2D eigenvalue weighted by Gasteiger charge is 2.17. The molecule has 0 saturated heterocycles. The summed E-state index contributed by atoms with van der Waals surface area (Å²) < 4.78 is 0. The molecule has 0 fully saturated rings. The smallest absolute Gasteiger partial charge is 0.251 e. The molecule has 1 N–H and O–H groups in total. The van der Waals surface area contributed by atoms with Crippen molar-refractivity contribution in [3.63, 3.8) is 0 Å². The minimum absolute atomic E-state index is 0.0223. The van der Waals surface area contributed by atoms with E-state index in [-0.39, 0.29) is 5.91 Å². The average Bonchev–Trinajstić information content (AvgIpc) is 2.57. The van der Waals surface area contributed by atoms with Crippen molar-refractivity contribution >= 4 is 11.6 Å². The largest absolute Gasteiger partial charge is 0.322 e. The highest BCUT2D eigenvalue weighted by Crippen LogP contribution is 2.17. The lowest BCUT2D eigenvalue weighted by Gasteiger charge is -2.26. The Labute approximate surface area is 144 Å². The van der Waals surface area contributed by atoms with Gasteiger partial charge in [-0.2, -0.15) is 0 Å². The molecule has 0 atom stereocenters. The molecule has 2 aromatic rings. The topological polar surface area (TPSA) is 32.3 Å². The van der Waals surface area contributed by atoms with Gasteiger partial charge in [0.1, 0.15) is 0 Å². The molecule has 1 heterocycles. The number of rotatable bonds is 4. The number of anilines is 1. The molecular formula is C21H24N2O. The molecule has 124 valence electrons. The summed E-state index contributed by atoms with van der Waals surface area (Å²) in [6, 6.07) is 16.5. The van der Waals surface area contributed by atoms with Crippen LogP contribution >= 0.6 is 0 Å². The number of hydrogen-bond acceptors (Lipinski definition) is 2. The molecule has 1 aliphatic heterocycles. The standard InChI is InChI=1S/C21H24N2O/c1-16-6-8-20(9-7-16)22-21(24)19-10-12-23(13-11-19)15-18-5-3-4-17(2)14-18/h3-10,14H,11-13,15H2,1-2H3,(H,22,24). The summed E-state index contributed by atoms with van der Waals surface area (Å²) in [5.41, 5.74) is 5.55.